The number of benzene rings is 1. The highest BCUT2D eigenvalue weighted by atomic mass is 32.2. The predicted octanol–water partition coefficient (Wildman–Crippen LogP) is 1.49. The van der Waals surface area contributed by atoms with E-state index in [0.29, 0.717) is 17.7 Å². The molecular weight excluding hydrogens is 304 g/mol. The molecule has 0 saturated heterocycles. The lowest BCUT2D eigenvalue weighted by molar-refractivity contribution is 0.0947. The van der Waals surface area contributed by atoms with Crippen molar-refractivity contribution in [3.63, 3.8) is 0 Å². The van der Waals surface area contributed by atoms with Gasteiger partial charge in [0.1, 0.15) is 5.75 Å². The minimum atomic E-state index is -3.29. The Hall–Kier alpha value is -1.60. The molecule has 0 aliphatic rings. The lowest BCUT2D eigenvalue weighted by Gasteiger charge is -2.26. The molecule has 0 heterocycles. The maximum absolute atomic E-state index is 12.1. The summed E-state index contributed by atoms with van der Waals surface area (Å²) >= 11 is 0. The van der Waals surface area contributed by atoms with Crippen LogP contribution in [0.1, 0.15) is 30.6 Å². The first-order valence-corrected chi connectivity index (χ1v) is 9.04. The third-order valence-electron chi connectivity index (χ3n) is 3.48. The number of methoxy groups -OCH3 is 1. The molecule has 7 heteroatoms. The summed E-state index contributed by atoms with van der Waals surface area (Å²) in [5, 5.41) is 2.73. The predicted molar refractivity (Wildman–Crippen MR) is 86.6 cm³/mol. The molecule has 124 valence electrons. The normalized spacial score (nSPS) is 13.0. The molecule has 0 aliphatic carbocycles. The third-order valence-corrected chi connectivity index (χ3v) is 4.87. The van der Waals surface area contributed by atoms with Crippen molar-refractivity contribution in [1.82, 2.24) is 9.62 Å². The van der Waals surface area contributed by atoms with Gasteiger partial charge in [0.05, 0.1) is 18.9 Å². The van der Waals surface area contributed by atoms with Crippen molar-refractivity contribution in [3.8, 4) is 5.75 Å². The zero-order valence-corrected chi connectivity index (χ0v) is 14.3. The molecule has 0 spiro atoms. The average molecular weight is 328 g/mol. The minimum Gasteiger partial charge on any atom is -0.496 e. The van der Waals surface area contributed by atoms with Crippen LogP contribution in [0.2, 0.25) is 0 Å². The zero-order valence-electron chi connectivity index (χ0n) is 13.5. The molecule has 1 atom stereocenters. The van der Waals surface area contributed by atoms with E-state index >= 15 is 0 Å². The van der Waals surface area contributed by atoms with Gasteiger partial charge in [0, 0.05) is 19.1 Å². The van der Waals surface area contributed by atoms with E-state index < -0.39 is 10.0 Å². The topological polar surface area (TPSA) is 75.7 Å². The van der Waals surface area contributed by atoms with Gasteiger partial charge in [-0.05, 0) is 25.5 Å². The fraction of sp³-hybridized carbons (Fsp3) is 0.533. The van der Waals surface area contributed by atoms with Crippen LogP contribution in [0.25, 0.3) is 0 Å². The van der Waals surface area contributed by atoms with Crippen LogP contribution in [-0.2, 0) is 10.0 Å². The molecule has 1 aromatic rings. The van der Waals surface area contributed by atoms with E-state index in [4.69, 9.17) is 4.74 Å². The van der Waals surface area contributed by atoms with Crippen LogP contribution >= 0.6 is 0 Å². The van der Waals surface area contributed by atoms with Crippen molar-refractivity contribution in [3.05, 3.63) is 29.8 Å². The van der Waals surface area contributed by atoms with Gasteiger partial charge >= 0.3 is 0 Å². The molecule has 0 bridgehead atoms. The summed E-state index contributed by atoms with van der Waals surface area (Å²) < 4.78 is 30.1. The third kappa shape index (κ3) is 4.99. The second kappa shape index (κ2) is 8.14. The monoisotopic (exact) mass is 328 g/mol. The molecule has 1 amide bonds. The fourth-order valence-corrected chi connectivity index (χ4v) is 3.35. The second-order valence-electron chi connectivity index (χ2n) is 5.09. The summed E-state index contributed by atoms with van der Waals surface area (Å²) in [6, 6.07) is 6.80. The first-order chi connectivity index (χ1) is 10.3. The van der Waals surface area contributed by atoms with E-state index in [1.807, 2.05) is 13.8 Å². The Kier molecular flexibility index (Phi) is 6.83. The van der Waals surface area contributed by atoms with E-state index in [-0.39, 0.29) is 25.0 Å². The van der Waals surface area contributed by atoms with Crippen molar-refractivity contribution in [2.45, 2.75) is 26.3 Å². The smallest absolute Gasteiger partial charge is 0.255 e. The number of rotatable bonds is 8. The SMILES string of the molecule is CCC(C)N(CCNC(=O)c1ccccc1OC)S(C)(=O)=O. The minimum absolute atomic E-state index is 0.0989. The van der Waals surface area contributed by atoms with Crippen molar-refractivity contribution < 1.29 is 17.9 Å². The Bertz CT molecular complexity index is 601. The van der Waals surface area contributed by atoms with Gasteiger partial charge in [0.2, 0.25) is 10.0 Å². The lowest BCUT2D eigenvalue weighted by Crippen LogP contribution is -2.42. The maximum Gasteiger partial charge on any atom is 0.255 e. The van der Waals surface area contributed by atoms with Crippen LogP contribution in [0.4, 0.5) is 0 Å². The standard InChI is InChI=1S/C15H24N2O4S/c1-5-12(2)17(22(4,19)20)11-10-16-15(18)13-8-6-7-9-14(13)21-3/h6-9,12H,5,10-11H2,1-4H3,(H,16,18). The molecule has 0 radical (unpaired) electrons. The van der Waals surface area contributed by atoms with E-state index in [1.165, 1.54) is 17.7 Å². The lowest BCUT2D eigenvalue weighted by atomic mass is 10.2. The Labute approximate surface area is 132 Å². The number of carbonyl (C=O) groups excluding carboxylic acids is 1. The van der Waals surface area contributed by atoms with Crippen molar-refractivity contribution in [1.29, 1.82) is 0 Å². The van der Waals surface area contributed by atoms with Gasteiger partial charge < -0.3 is 10.1 Å². The van der Waals surface area contributed by atoms with Crippen LogP contribution in [-0.4, -0.2) is 51.1 Å². The molecule has 0 saturated carbocycles. The number of hydrogen-bond acceptors (Lipinski definition) is 4. The average Bonchev–Trinajstić information content (AvgIpc) is 2.49. The summed E-state index contributed by atoms with van der Waals surface area (Å²) in [4.78, 5) is 12.1. The van der Waals surface area contributed by atoms with Crippen molar-refractivity contribution in [2.24, 2.45) is 0 Å². The van der Waals surface area contributed by atoms with Crippen LogP contribution in [0.5, 0.6) is 5.75 Å². The zero-order chi connectivity index (χ0) is 16.8. The number of nitrogens with one attached hydrogen (secondary N) is 1. The van der Waals surface area contributed by atoms with Crippen molar-refractivity contribution in [2.75, 3.05) is 26.5 Å². The van der Waals surface area contributed by atoms with Gasteiger partial charge in [0.15, 0.2) is 0 Å². The first-order valence-electron chi connectivity index (χ1n) is 7.19. The summed E-state index contributed by atoms with van der Waals surface area (Å²) in [6.07, 6.45) is 1.90. The molecule has 0 aromatic heterocycles. The van der Waals surface area contributed by atoms with Gasteiger partial charge in [-0.15, -0.1) is 0 Å². The van der Waals surface area contributed by atoms with E-state index in [2.05, 4.69) is 5.32 Å². The molecular formula is C15H24N2O4S. The van der Waals surface area contributed by atoms with Crippen LogP contribution in [0, 0.1) is 0 Å². The largest absolute Gasteiger partial charge is 0.496 e. The second-order valence-corrected chi connectivity index (χ2v) is 7.02. The number of carbonyl (C=O) groups is 1. The number of para-hydroxylation sites is 1. The van der Waals surface area contributed by atoms with Gasteiger partial charge in [-0.2, -0.15) is 4.31 Å². The van der Waals surface area contributed by atoms with E-state index in [0.717, 1.165) is 0 Å². The molecule has 1 unspecified atom stereocenters. The van der Waals surface area contributed by atoms with Gasteiger partial charge in [-0.25, -0.2) is 8.42 Å². The fourth-order valence-electron chi connectivity index (χ4n) is 2.12. The molecule has 0 fully saturated rings. The first kappa shape index (κ1) is 18.4. The summed E-state index contributed by atoms with van der Waals surface area (Å²) in [5.74, 6) is 0.206. The molecule has 1 aromatic carbocycles. The Morgan fingerprint density at radius 2 is 2.00 bits per heavy atom. The van der Waals surface area contributed by atoms with Crippen LogP contribution < -0.4 is 10.1 Å². The summed E-state index contributed by atoms with van der Waals surface area (Å²) in [6.45, 7) is 4.27. The summed E-state index contributed by atoms with van der Waals surface area (Å²) in [5.41, 5.74) is 0.430. The number of amides is 1. The highest BCUT2D eigenvalue weighted by Crippen LogP contribution is 2.16. The number of sulfonamides is 1. The molecule has 1 rings (SSSR count). The number of hydrogen-bond donors (Lipinski definition) is 1. The van der Waals surface area contributed by atoms with Gasteiger partial charge in [-0.3, -0.25) is 4.79 Å². The maximum atomic E-state index is 12.1. The molecule has 22 heavy (non-hydrogen) atoms. The molecule has 1 N–H and O–H groups in total. The van der Waals surface area contributed by atoms with E-state index in [9.17, 15) is 13.2 Å². The molecule has 0 aliphatic heterocycles. The number of nitrogens with zero attached hydrogens (tertiary/aromatic N) is 1. The quantitative estimate of drug-likeness (QED) is 0.784. The highest BCUT2D eigenvalue weighted by Gasteiger charge is 2.22. The summed E-state index contributed by atoms with van der Waals surface area (Å²) in [7, 11) is -1.79. The van der Waals surface area contributed by atoms with Crippen LogP contribution in [0.15, 0.2) is 24.3 Å². The number of ether oxygens (including phenoxy) is 1. The van der Waals surface area contributed by atoms with Gasteiger partial charge in [-0.1, -0.05) is 19.1 Å². The van der Waals surface area contributed by atoms with Gasteiger partial charge in [0.25, 0.3) is 5.91 Å². The van der Waals surface area contributed by atoms with Crippen molar-refractivity contribution >= 4 is 15.9 Å². The Balaban J connectivity index is 2.67. The Morgan fingerprint density at radius 3 is 2.55 bits per heavy atom. The molecule has 6 nitrogen and oxygen atoms in total. The highest BCUT2D eigenvalue weighted by molar-refractivity contribution is 7.88. The Morgan fingerprint density at radius 1 is 1.36 bits per heavy atom. The van der Waals surface area contributed by atoms with Crippen LogP contribution in [0.3, 0.4) is 0 Å². The van der Waals surface area contributed by atoms with E-state index in [1.54, 1.807) is 24.3 Å².